The van der Waals surface area contributed by atoms with Gasteiger partial charge in [0.2, 0.25) is 5.88 Å². The molecule has 0 saturated carbocycles. The summed E-state index contributed by atoms with van der Waals surface area (Å²) in [6.07, 6.45) is 0.523. The Morgan fingerprint density at radius 1 is 1.23 bits per heavy atom. The van der Waals surface area contributed by atoms with Gasteiger partial charge in [0.15, 0.2) is 0 Å². The number of carbonyl (C=O) groups excluding carboxylic acids is 1. The maximum atomic E-state index is 12.0. The van der Waals surface area contributed by atoms with Gasteiger partial charge in [-0.25, -0.2) is 9.78 Å². The lowest BCUT2D eigenvalue weighted by Crippen LogP contribution is -2.22. The van der Waals surface area contributed by atoms with Crippen LogP contribution < -0.4 is 4.74 Å². The summed E-state index contributed by atoms with van der Waals surface area (Å²) in [6.45, 7) is 9.73. The van der Waals surface area contributed by atoms with E-state index in [1.165, 1.54) is 7.11 Å². The van der Waals surface area contributed by atoms with Crippen LogP contribution in [0.15, 0.2) is 24.3 Å². The number of methoxy groups -OCH3 is 1. The number of aryl methyl sites for hydroxylation is 2. The molecule has 0 bridgehead atoms. The molecule has 0 radical (unpaired) electrons. The molecule has 1 N–H and O–H groups in total. The number of nitrogens with zero attached hydrogens (tertiary/aromatic N) is 1. The molecule has 5 heteroatoms. The van der Waals surface area contributed by atoms with Crippen LogP contribution in [0.25, 0.3) is 11.1 Å². The second-order valence-electron chi connectivity index (χ2n) is 7.12. The molecule has 2 aromatic rings. The molecule has 140 valence electrons. The molecule has 1 heterocycles. The molecule has 0 amide bonds. The van der Waals surface area contributed by atoms with Crippen LogP contribution in [0.1, 0.15) is 47.4 Å². The van der Waals surface area contributed by atoms with E-state index in [2.05, 4.69) is 4.98 Å². The van der Waals surface area contributed by atoms with Crippen molar-refractivity contribution >= 4 is 5.97 Å². The minimum absolute atomic E-state index is 0.348. The fourth-order valence-electron chi connectivity index (χ4n) is 2.92. The molecule has 0 fully saturated rings. The van der Waals surface area contributed by atoms with Gasteiger partial charge in [-0.05, 0) is 57.4 Å². The van der Waals surface area contributed by atoms with Crippen molar-refractivity contribution in [2.75, 3.05) is 13.7 Å². The summed E-state index contributed by atoms with van der Waals surface area (Å²) < 4.78 is 10.6. The van der Waals surface area contributed by atoms with Crippen LogP contribution in [0.4, 0.5) is 0 Å². The minimum Gasteiger partial charge on any atom is -0.478 e. The third-order valence-electron chi connectivity index (χ3n) is 4.35. The lowest BCUT2D eigenvalue weighted by atomic mass is 9.93. The Balaban J connectivity index is 2.36. The van der Waals surface area contributed by atoms with Crippen molar-refractivity contribution in [2.24, 2.45) is 0 Å². The molecule has 0 spiro atoms. The van der Waals surface area contributed by atoms with E-state index in [-0.39, 0.29) is 5.97 Å². The quantitative estimate of drug-likeness (QED) is 0.792. The van der Waals surface area contributed by atoms with Crippen LogP contribution in [-0.2, 0) is 4.74 Å². The van der Waals surface area contributed by atoms with E-state index in [0.717, 1.165) is 27.9 Å². The van der Waals surface area contributed by atoms with Crippen molar-refractivity contribution in [3.05, 3.63) is 46.6 Å². The van der Waals surface area contributed by atoms with E-state index in [1.807, 2.05) is 39.0 Å². The van der Waals surface area contributed by atoms with Gasteiger partial charge < -0.3 is 14.6 Å². The fourth-order valence-corrected chi connectivity index (χ4v) is 2.92. The molecule has 0 aliphatic carbocycles. The Morgan fingerprint density at radius 2 is 1.92 bits per heavy atom. The molecule has 1 aromatic carbocycles. The van der Waals surface area contributed by atoms with Gasteiger partial charge in [0.1, 0.15) is 0 Å². The smallest absolute Gasteiger partial charge is 0.338 e. The van der Waals surface area contributed by atoms with Crippen molar-refractivity contribution in [1.82, 2.24) is 4.98 Å². The van der Waals surface area contributed by atoms with Crippen molar-refractivity contribution in [3.63, 3.8) is 0 Å². The van der Waals surface area contributed by atoms with Crippen LogP contribution in [0.5, 0.6) is 5.88 Å². The first-order chi connectivity index (χ1) is 12.1. The van der Waals surface area contributed by atoms with E-state index in [1.54, 1.807) is 19.9 Å². The van der Waals surface area contributed by atoms with Gasteiger partial charge in [-0.3, -0.25) is 0 Å². The molecule has 0 saturated heterocycles. The van der Waals surface area contributed by atoms with Crippen molar-refractivity contribution in [1.29, 1.82) is 0 Å². The largest absolute Gasteiger partial charge is 0.478 e. The predicted octanol–water partition coefficient (Wildman–Crippen LogP) is 4.00. The number of aromatic nitrogens is 1. The van der Waals surface area contributed by atoms with E-state index >= 15 is 0 Å². The number of pyridine rings is 1. The number of ether oxygens (including phenoxy) is 2. The Morgan fingerprint density at radius 3 is 2.50 bits per heavy atom. The first-order valence-electron chi connectivity index (χ1n) is 8.66. The van der Waals surface area contributed by atoms with Crippen LogP contribution in [0.3, 0.4) is 0 Å². The zero-order chi connectivity index (χ0) is 19.5. The normalized spacial score (nSPS) is 11.3. The maximum Gasteiger partial charge on any atom is 0.338 e. The Kier molecular flexibility index (Phi) is 6.03. The third-order valence-corrected chi connectivity index (χ3v) is 4.35. The highest BCUT2D eigenvalue weighted by atomic mass is 16.5. The van der Waals surface area contributed by atoms with Gasteiger partial charge in [0.25, 0.3) is 0 Å². The zero-order valence-corrected chi connectivity index (χ0v) is 16.3. The predicted molar refractivity (Wildman–Crippen MR) is 102 cm³/mol. The van der Waals surface area contributed by atoms with Crippen molar-refractivity contribution < 1.29 is 19.4 Å². The molecule has 26 heavy (non-hydrogen) atoms. The zero-order valence-electron chi connectivity index (χ0n) is 16.3. The Labute approximate surface area is 155 Å². The van der Waals surface area contributed by atoms with Crippen molar-refractivity contribution in [2.45, 2.75) is 46.6 Å². The fraction of sp³-hybridized carbons (Fsp3) is 0.429. The maximum absolute atomic E-state index is 12.0. The standard InChI is InChI=1S/C21H27NO4/c1-13-12-18(26-11-10-21(4,5)24)22-15(3)19(13)16-8-7-9-17(14(16)2)20(23)25-6/h7-9,12,24H,10-11H2,1-6H3. The van der Waals surface area contributed by atoms with Gasteiger partial charge >= 0.3 is 5.97 Å². The molecule has 1 aromatic heterocycles. The van der Waals surface area contributed by atoms with Crippen LogP contribution in [-0.4, -0.2) is 35.4 Å². The van der Waals surface area contributed by atoms with Crippen LogP contribution in [0.2, 0.25) is 0 Å². The van der Waals surface area contributed by atoms with Gasteiger partial charge in [-0.15, -0.1) is 0 Å². The number of rotatable bonds is 6. The Hall–Kier alpha value is -2.40. The summed E-state index contributed by atoms with van der Waals surface area (Å²) in [4.78, 5) is 16.5. The third kappa shape index (κ3) is 4.61. The van der Waals surface area contributed by atoms with Gasteiger partial charge in [0, 0.05) is 23.7 Å². The summed E-state index contributed by atoms with van der Waals surface area (Å²) >= 11 is 0. The van der Waals surface area contributed by atoms with Gasteiger partial charge in [-0.1, -0.05) is 12.1 Å². The average molecular weight is 357 g/mol. The highest BCUT2D eigenvalue weighted by Crippen LogP contribution is 2.32. The first kappa shape index (κ1) is 19.9. The molecule has 0 atom stereocenters. The van der Waals surface area contributed by atoms with E-state index in [9.17, 15) is 9.90 Å². The number of hydrogen-bond donors (Lipinski definition) is 1. The summed E-state index contributed by atoms with van der Waals surface area (Å²) in [7, 11) is 1.38. The van der Waals surface area contributed by atoms with Gasteiger partial charge in [0.05, 0.1) is 24.9 Å². The second-order valence-corrected chi connectivity index (χ2v) is 7.12. The highest BCUT2D eigenvalue weighted by molar-refractivity contribution is 5.93. The summed E-state index contributed by atoms with van der Waals surface area (Å²) in [5, 5.41) is 9.78. The lowest BCUT2D eigenvalue weighted by molar-refractivity contribution is 0.0545. The highest BCUT2D eigenvalue weighted by Gasteiger charge is 2.17. The average Bonchev–Trinajstić information content (AvgIpc) is 2.54. The monoisotopic (exact) mass is 357 g/mol. The number of esters is 1. The van der Waals surface area contributed by atoms with Crippen molar-refractivity contribution in [3.8, 4) is 17.0 Å². The van der Waals surface area contributed by atoms with E-state index < -0.39 is 5.60 Å². The van der Waals surface area contributed by atoms with Gasteiger partial charge in [-0.2, -0.15) is 0 Å². The summed E-state index contributed by atoms with van der Waals surface area (Å²) in [6, 6.07) is 7.47. The topological polar surface area (TPSA) is 68.7 Å². The Bertz CT molecular complexity index is 783. The second kappa shape index (κ2) is 7.87. The molecule has 5 nitrogen and oxygen atoms in total. The number of aliphatic hydroxyl groups is 1. The molecule has 0 unspecified atom stereocenters. The SMILES string of the molecule is COC(=O)c1cccc(-c2c(C)cc(OCCC(C)(C)O)nc2C)c1C. The number of carbonyl (C=O) groups is 1. The summed E-state index contributed by atoms with van der Waals surface area (Å²) in [5.74, 6) is 0.189. The molecular formula is C21H27NO4. The molecule has 0 aliphatic rings. The molecular weight excluding hydrogens is 330 g/mol. The first-order valence-corrected chi connectivity index (χ1v) is 8.66. The molecule has 0 aliphatic heterocycles. The minimum atomic E-state index is -0.768. The van der Waals surface area contributed by atoms with E-state index in [0.29, 0.717) is 24.5 Å². The van der Waals surface area contributed by atoms with Crippen LogP contribution in [0, 0.1) is 20.8 Å². The lowest BCUT2D eigenvalue weighted by Gasteiger charge is -2.18. The van der Waals surface area contributed by atoms with Crippen LogP contribution >= 0.6 is 0 Å². The molecule has 2 rings (SSSR count). The number of hydrogen-bond acceptors (Lipinski definition) is 5. The number of benzene rings is 1. The van der Waals surface area contributed by atoms with E-state index in [4.69, 9.17) is 9.47 Å². The summed E-state index contributed by atoms with van der Waals surface area (Å²) in [5.41, 5.74) is 4.43.